The number of aryl methyl sites for hydroxylation is 1. The number of hydrazine groups is 1. The molecule has 3 N–H and O–H groups in total. The summed E-state index contributed by atoms with van der Waals surface area (Å²) in [6, 6.07) is 14.3. The first-order chi connectivity index (χ1) is 14.7. The molecule has 31 heavy (non-hydrogen) atoms. The van der Waals surface area contributed by atoms with Crippen LogP contribution in [0.4, 0.5) is 16.2 Å². The fourth-order valence-electron chi connectivity index (χ4n) is 3.31. The number of anilines is 2. The highest BCUT2D eigenvalue weighted by molar-refractivity contribution is 5.96. The predicted molar refractivity (Wildman–Crippen MR) is 119 cm³/mol. The van der Waals surface area contributed by atoms with Crippen molar-refractivity contribution in [3.8, 4) is 0 Å². The molecule has 3 amide bonds. The average molecular weight is 425 g/mol. The number of nitrogens with zero attached hydrogens (tertiary/aromatic N) is 1. The Bertz CT molecular complexity index is 951. The van der Waals surface area contributed by atoms with E-state index in [1.165, 1.54) is 5.56 Å². The van der Waals surface area contributed by atoms with Crippen molar-refractivity contribution in [3.63, 3.8) is 0 Å². The van der Waals surface area contributed by atoms with E-state index in [4.69, 9.17) is 4.74 Å². The van der Waals surface area contributed by atoms with Crippen LogP contribution in [0.15, 0.2) is 48.5 Å². The molecule has 0 fully saturated rings. The largest absolute Gasteiger partial charge is 0.444 e. The second kappa shape index (κ2) is 9.51. The molecule has 8 nitrogen and oxygen atoms in total. The highest BCUT2D eigenvalue weighted by atomic mass is 16.6. The molecular weight excluding hydrogens is 396 g/mol. The first-order valence-electron chi connectivity index (χ1n) is 10.2. The van der Waals surface area contributed by atoms with Gasteiger partial charge in [-0.25, -0.2) is 4.79 Å². The number of nitrogens with one attached hydrogen (secondary N) is 3. The Balaban J connectivity index is 1.48. The Morgan fingerprint density at radius 1 is 1.00 bits per heavy atom. The predicted octanol–water partition coefficient (Wildman–Crippen LogP) is 3.25. The first-order valence-corrected chi connectivity index (χ1v) is 10.2. The molecule has 0 bridgehead atoms. The molecule has 0 aliphatic carbocycles. The molecule has 1 heterocycles. The lowest BCUT2D eigenvalue weighted by Gasteiger charge is -2.30. The minimum Gasteiger partial charge on any atom is -0.444 e. The summed E-state index contributed by atoms with van der Waals surface area (Å²) in [6.45, 7) is 6.29. The van der Waals surface area contributed by atoms with E-state index in [9.17, 15) is 14.4 Å². The van der Waals surface area contributed by atoms with Gasteiger partial charge in [-0.05, 0) is 69.5 Å². The first kappa shape index (κ1) is 22.1. The second-order valence-corrected chi connectivity index (χ2v) is 8.36. The van der Waals surface area contributed by atoms with Crippen LogP contribution in [0.5, 0.6) is 0 Å². The zero-order valence-corrected chi connectivity index (χ0v) is 18.0. The minimum atomic E-state index is -0.599. The molecule has 2 aromatic rings. The molecule has 0 atom stereocenters. The van der Waals surface area contributed by atoms with Crippen molar-refractivity contribution in [3.05, 3.63) is 59.7 Å². The van der Waals surface area contributed by atoms with Gasteiger partial charge in [-0.15, -0.1) is 0 Å². The van der Waals surface area contributed by atoms with Gasteiger partial charge in [-0.3, -0.25) is 25.8 Å². The topological polar surface area (TPSA) is 99.8 Å². The SMILES string of the molecule is CC(C)(C)OC(=O)Nc1ccc(C(=O)NNC(=O)CN2CCCc3ccccc32)cc1. The lowest BCUT2D eigenvalue weighted by molar-refractivity contribution is -0.120. The van der Waals surface area contributed by atoms with Crippen molar-refractivity contribution in [2.24, 2.45) is 0 Å². The smallest absolute Gasteiger partial charge is 0.412 e. The zero-order valence-electron chi connectivity index (χ0n) is 18.0. The molecular formula is C23H28N4O4. The number of hydrogen-bond donors (Lipinski definition) is 3. The van der Waals surface area contributed by atoms with Gasteiger partial charge in [-0.1, -0.05) is 18.2 Å². The molecule has 0 spiro atoms. The number of carbonyl (C=O) groups excluding carboxylic acids is 3. The zero-order chi connectivity index (χ0) is 22.4. The van der Waals surface area contributed by atoms with E-state index in [2.05, 4.69) is 22.2 Å². The molecule has 0 saturated carbocycles. The quantitative estimate of drug-likeness (QED) is 0.655. The number of hydrogen-bond acceptors (Lipinski definition) is 5. The molecule has 164 valence electrons. The molecule has 2 aromatic carbocycles. The van der Waals surface area contributed by atoms with Gasteiger partial charge in [0.15, 0.2) is 0 Å². The molecule has 1 aliphatic rings. The summed E-state index contributed by atoms with van der Waals surface area (Å²) < 4.78 is 5.19. The average Bonchev–Trinajstić information content (AvgIpc) is 2.71. The fraction of sp³-hybridized carbons (Fsp3) is 0.348. The van der Waals surface area contributed by atoms with E-state index in [0.29, 0.717) is 11.3 Å². The summed E-state index contributed by atoms with van der Waals surface area (Å²) in [4.78, 5) is 38.4. The third-order valence-electron chi connectivity index (χ3n) is 4.65. The van der Waals surface area contributed by atoms with Crippen LogP contribution in [0.1, 0.15) is 43.1 Å². The van der Waals surface area contributed by atoms with Crippen molar-refractivity contribution in [1.82, 2.24) is 10.9 Å². The number of para-hydroxylation sites is 1. The summed E-state index contributed by atoms with van der Waals surface area (Å²) in [6.07, 6.45) is 1.42. The van der Waals surface area contributed by atoms with Crippen LogP contribution < -0.4 is 21.1 Å². The lowest BCUT2D eigenvalue weighted by atomic mass is 10.0. The summed E-state index contributed by atoms with van der Waals surface area (Å²) in [5.74, 6) is -0.746. The molecule has 0 saturated heterocycles. The van der Waals surface area contributed by atoms with Crippen molar-refractivity contribution in [2.45, 2.75) is 39.2 Å². The molecule has 0 radical (unpaired) electrons. The third-order valence-corrected chi connectivity index (χ3v) is 4.65. The van der Waals surface area contributed by atoms with E-state index in [1.54, 1.807) is 45.0 Å². The van der Waals surface area contributed by atoms with E-state index < -0.39 is 17.6 Å². The Kier molecular flexibility index (Phi) is 6.79. The normalized spacial score (nSPS) is 13.1. The number of benzene rings is 2. The third kappa shape index (κ3) is 6.47. The van der Waals surface area contributed by atoms with Gasteiger partial charge in [0, 0.05) is 23.5 Å². The maximum Gasteiger partial charge on any atom is 0.412 e. The Morgan fingerprint density at radius 2 is 1.71 bits per heavy atom. The second-order valence-electron chi connectivity index (χ2n) is 8.36. The van der Waals surface area contributed by atoms with Gasteiger partial charge in [0.25, 0.3) is 11.8 Å². The number of carbonyl (C=O) groups is 3. The van der Waals surface area contributed by atoms with Crippen LogP contribution in [0.2, 0.25) is 0 Å². The van der Waals surface area contributed by atoms with Gasteiger partial charge >= 0.3 is 6.09 Å². The van der Waals surface area contributed by atoms with Crippen molar-refractivity contribution in [1.29, 1.82) is 0 Å². The number of rotatable bonds is 4. The summed E-state index contributed by atoms with van der Waals surface area (Å²) >= 11 is 0. The van der Waals surface area contributed by atoms with Crippen LogP contribution in [-0.4, -0.2) is 36.6 Å². The number of amides is 3. The van der Waals surface area contributed by atoms with E-state index in [-0.39, 0.29) is 12.5 Å². The monoisotopic (exact) mass is 424 g/mol. The van der Waals surface area contributed by atoms with Crippen molar-refractivity contribution < 1.29 is 19.1 Å². The fourth-order valence-corrected chi connectivity index (χ4v) is 3.31. The Hall–Kier alpha value is -3.55. The summed E-state index contributed by atoms with van der Waals surface area (Å²) in [7, 11) is 0. The molecule has 0 aromatic heterocycles. The highest BCUT2D eigenvalue weighted by Gasteiger charge is 2.19. The van der Waals surface area contributed by atoms with Crippen molar-refractivity contribution >= 4 is 29.3 Å². The van der Waals surface area contributed by atoms with Crippen molar-refractivity contribution in [2.75, 3.05) is 23.3 Å². The van der Waals surface area contributed by atoms with Crippen LogP contribution in [-0.2, 0) is 16.0 Å². The Morgan fingerprint density at radius 3 is 2.42 bits per heavy atom. The Labute approximate surface area is 181 Å². The van der Waals surface area contributed by atoms with E-state index in [1.807, 2.05) is 23.1 Å². The molecule has 0 unspecified atom stereocenters. The minimum absolute atomic E-state index is 0.163. The van der Waals surface area contributed by atoms with Gasteiger partial charge in [0.1, 0.15) is 5.60 Å². The lowest BCUT2D eigenvalue weighted by Crippen LogP contribution is -2.47. The van der Waals surface area contributed by atoms with Gasteiger partial charge in [0.05, 0.1) is 6.54 Å². The molecule has 3 rings (SSSR count). The van der Waals surface area contributed by atoms with E-state index in [0.717, 1.165) is 25.1 Å². The van der Waals surface area contributed by atoms with Gasteiger partial charge in [0.2, 0.25) is 0 Å². The maximum atomic E-state index is 12.3. The standard InChI is InChI=1S/C23H28N4O4/c1-23(2,3)31-22(30)24-18-12-10-17(11-13-18)21(29)26-25-20(28)15-27-14-6-8-16-7-4-5-9-19(16)27/h4-5,7,9-13H,6,8,14-15H2,1-3H3,(H,24,30)(H,25,28)(H,26,29). The number of fused-ring (bicyclic) bond motifs is 1. The van der Waals surface area contributed by atoms with Crippen LogP contribution in [0.25, 0.3) is 0 Å². The van der Waals surface area contributed by atoms with Crippen LogP contribution in [0, 0.1) is 0 Å². The van der Waals surface area contributed by atoms with Crippen LogP contribution >= 0.6 is 0 Å². The maximum absolute atomic E-state index is 12.3. The van der Waals surface area contributed by atoms with Gasteiger partial charge < -0.3 is 9.64 Å². The summed E-state index contributed by atoms with van der Waals surface area (Å²) in [5.41, 5.74) is 7.42. The highest BCUT2D eigenvalue weighted by Crippen LogP contribution is 2.26. The van der Waals surface area contributed by atoms with Crippen LogP contribution in [0.3, 0.4) is 0 Å². The van der Waals surface area contributed by atoms with E-state index >= 15 is 0 Å². The summed E-state index contributed by atoms with van der Waals surface area (Å²) in [5, 5.41) is 2.60. The van der Waals surface area contributed by atoms with Gasteiger partial charge in [-0.2, -0.15) is 0 Å². The molecule has 1 aliphatic heterocycles. The number of ether oxygens (including phenoxy) is 1. The molecule has 8 heteroatoms.